The Kier molecular flexibility index (Phi) is 21.2. The van der Waals surface area contributed by atoms with Crippen LogP contribution < -0.4 is 30.0 Å². The van der Waals surface area contributed by atoms with Crippen molar-refractivity contribution in [3.63, 3.8) is 0 Å². The summed E-state index contributed by atoms with van der Waals surface area (Å²) in [5, 5.41) is 35.7. The van der Waals surface area contributed by atoms with Gasteiger partial charge in [0.05, 0.1) is 48.3 Å². The van der Waals surface area contributed by atoms with Gasteiger partial charge in [-0.25, -0.2) is 13.6 Å². The Morgan fingerprint density at radius 1 is 0.653 bits per heavy atom. The van der Waals surface area contributed by atoms with Crippen molar-refractivity contribution >= 4 is 89.5 Å². The summed E-state index contributed by atoms with van der Waals surface area (Å²) in [7, 11) is 2.83. The molecule has 4 heterocycles. The molecule has 21 heteroatoms. The first-order valence-electron chi connectivity index (χ1n) is 24.3. The number of aliphatic carboxylic acids is 1. The lowest BCUT2D eigenvalue weighted by molar-refractivity contribution is -0.131. The highest BCUT2D eigenvalue weighted by atomic mass is 35.5. The molecule has 2 aliphatic rings. The predicted octanol–water partition coefficient (Wildman–Crippen LogP) is 9.89. The van der Waals surface area contributed by atoms with Crippen molar-refractivity contribution in [1.29, 1.82) is 0 Å². The molecular weight excluding hydrogens is 1050 g/mol. The molecular formula is C54H62Cl2F2N4O11S2. The van der Waals surface area contributed by atoms with Crippen molar-refractivity contribution in [2.75, 3.05) is 53.5 Å². The third kappa shape index (κ3) is 15.8. The molecule has 2 fully saturated rings. The Morgan fingerprint density at radius 3 is 1.51 bits per heavy atom. The van der Waals surface area contributed by atoms with Gasteiger partial charge in [0.25, 0.3) is 17.5 Å². The maximum Gasteiger partial charge on any atom is 0.378 e. The highest BCUT2D eigenvalue weighted by Gasteiger charge is 2.32. The van der Waals surface area contributed by atoms with Gasteiger partial charge < -0.3 is 55.1 Å². The van der Waals surface area contributed by atoms with Crippen LogP contribution in [0.1, 0.15) is 96.1 Å². The highest BCUT2D eigenvalue weighted by Crippen LogP contribution is 2.37. The number of likely N-dealkylation sites (tertiary alicyclic amines) is 2. The number of rotatable bonds is 19. The number of hydrogen-bond acceptors (Lipinski definition) is 15. The zero-order valence-electron chi connectivity index (χ0n) is 42.4. The number of ketones is 2. The summed E-state index contributed by atoms with van der Waals surface area (Å²) in [6, 6.07) is 17.8. The summed E-state index contributed by atoms with van der Waals surface area (Å²) in [5.41, 5.74) is 6.72. The third-order valence-corrected chi connectivity index (χ3v) is 14.8. The number of carbonyl (C=O) groups excluding carboxylic acids is 3. The number of amides is 1. The molecule has 2 aromatic heterocycles. The van der Waals surface area contributed by atoms with Crippen LogP contribution in [0.3, 0.4) is 0 Å². The molecule has 4 atom stereocenters. The van der Waals surface area contributed by atoms with E-state index in [1.165, 1.54) is 43.8 Å². The van der Waals surface area contributed by atoms with Crippen molar-refractivity contribution < 1.29 is 62.2 Å². The molecule has 8 rings (SSSR count). The Labute approximate surface area is 452 Å². The highest BCUT2D eigenvalue weighted by molar-refractivity contribution is 7.22. The van der Waals surface area contributed by atoms with Crippen LogP contribution in [0.4, 0.5) is 8.78 Å². The van der Waals surface area contributed by atoms with Crippen LogP contribution in [0.25, 0.3) is 20.2 Å². The number of hydrogen-bond donors (Lipinski definition) is 5. The van der Waals surface area contributed by atoms with Crippen LogP contribution >= 0.6 is 45.9 Å². The quantitative estimate of drug-likeness (QED) is 0.0378. The van der Waals surface area contributed by atoms with Gasteiger partial charge in [0.1, 0.15) is 6.10 Å². The van der Waals surface area contributed by atoms with Crippen LogP contribution in [-0.4, -0.2) is 126 Å². The lowest BCUT2D eigenvalue weighted by atomic mass is 10.00. The van der Waals surface area contributed by atoms with Gasteiger partial charge in [-0.3, -0.25) is 14.4 Å². The Morgan fingerprint density at radius 2 is 1.08 bits per heavy atom. The zero-order valence-corrected chi connectivity index (χ0v) is 45.5. The van der Waals surface area contributed by atoms with Crippen LogP contribution in [0.15, 0.2) is 72.8 Å². The molecule has 0 bridgehead atoms. The first-order chi connectivity index (χ1) is 35.6. The van der Waals surface area contributed by atoms with Gasteiger partial charge in [0.15, 0.2) is 34.6 Å². The molecule has 4 aromatic carbocycles. The second-order valence-electron chi connectivity index (χ2n) is 18.6. The molecule has 404 valence electrons. The zero-order chi connectivity index (χ0) is 54.7. The van der Waals surface area contributed by atoms with Crippen molar-refractivity contribution in [3.05, 3.63) is 115 Å². The van der Waals surface area contributed by atoms with E-state index in [9.17, 15) is 38.2 Å². The van der Waals surface area contributed by atoms with E-state index in [1.54, 1.807) is 68.4 Å². The smallest absolute Gasteiger partial charge is 0.378 e. The number of carboxylic acid groups (broad SMARTS) is 1. The maximum atomic E-state index is 15.0. The normalized spacial score (nSPS) is 15.4. The molecule has 0 radical (unpaired) electrons. The van der Waals surface area contributed by atoms with Crippen molar-refractivity contribution in [2.45, 2.75) is 89.9 Å². The SMILES string of the molecule is COc1cc([C@@H](O)[C@@H](CN2CCCC2)NC(=O)C(=O)c2cc3ccc(Cl)cc3s2)cc(F)c1OC(C)C.COc1cc([C@@H](O)[C@H](N)CN2CCCC2)cc(F)c1OC(C)C.O=C(O)C(=O)c1cc2ccc(Cl)cc2s1. The number of halogens is 4. The average Bonchev–Trinajstić information content (AvgIpc) is 4.23. The van der Waals surface area contributed by atoms with Crippen molar-refractivity contribution in [1.82, 2.24) is 15.1 Å². The van der Waals surface area contributed by atoms with E-state index < -0.39 is 59.4 Å². The lowest BCUT2D eigenvalue weighted by Crippen LogP contribution is -2.48. The Balaban J connectivity index is 0.000000204. The number of aliphatic hydroxyl groups is 2. The molecule has 0 spiro atoms. The fourth-order valence-electron chi connectivity index (χ4n) is 8.52. The lowest BCUT2D eigenvalue weighted by Gasteiger charge is -2.29. The summed E-state index contributed by atoms with van der Waals surface area (Å²) in [6.07, 6.45) is 1.62. The fourth-order valence-corrected chi connectivity index (χ4v) is 11.1. The van der Waals surface area contributed by atoms with E-state index in [0.29, 0.717) is 28.7 Å². The largest absolute Gasteiger partial charge is 0.493 e. The number of aliphatic hydroxyl groups excluding tert-OH is 2. The van der Waals surface area contributed by atoms with Crippen LogP contribution in [0.5, 0.6) is 23.0 Å². The Bertz CT molecular complexity index is 2960. The first kappa shape index (κ1) is 58.8. The van der Waals surface area contributed by atoms with E-state index in [0.717, 1.165) is 83.4 Å². The summed E-state index contributed by atoms with van der Waals surface area (Å²) in [6.45, 7) is 11.7. The van der Waals surface area contributed by atoms with E-state index >= 15 is 0 Å². The monoisotopic (exact) mass is 1110 g/mol. The molecule has 0 aliphatic carbocycles. The van der Waals surface area contributed by atoms with Gasteiger partial charge >= 0.3 is 5.97 Å². The Hall–Kier alpha value is -5.48. The fraction of sp³-hybridized carbons (Fsp3) is 0.407. The summed E-state index contributed by atoms with van der Waals surface area (Å²) in [5.74, 6) is -4.70. The molecule has 2 saturated heterocycles. The summed E-state index contributed by atoms with van der Waals surface area (Å²) >= 11 is 14.1. The van der Waals surface area contributed by atoms with Crippen molar-refractivity contribution in [3.8, 4) is 23.0 Å². The number of nitrogens with two attached hydrogens (primary N) is 1. The van der Waals surface area contributed by atoms with Crippen LogP contribution in [0, 0.1) is 11.6 Å². The number of fused-ring (bicyclic) bond motifs is 2. The summed E-state index contributed by atoms with van der Waals surface area (Å²) in [4.78, 5) is 52.5. The molecule has 1 amide bonds. The van der Waals surface area contributed by atoms with E-state index in [-0.39, 0.29) is 50.5 Å². The van der Waals surface area contributed by atoms with E-state index in [1.807, 2.05) is 13.8 Å². The maximum absolute atomic E-state index is 15.0. The minimum absolute atomic E-state index is 0.0476. The minimum Gasteiger partial charge on any atom is -0.493 e. The van der Waals surface area contributed by atoms with Crippen LogP contribution in [-0.2, 0) is 9.59 Å². The first-order valence-corrected chi connectivity index (χ1v) is 26.7. The number of thiophene rings is 2. The van der Waals surface area contributed by atoms with Gasteiger partial charge in [-0.05, 0) is 162 Å². The predicted molar refractivity (Wildman–Crippen MR) is 289 cm³/mol. The van der Waals surface area contributed by atoms with Gasteiger partial charge in [-0.2, -0.15) is 0 Å². The number of nitrogens with one attached hydrogen (secondary N) is 1. The number of benzene rings is 4. The standard InChI is InChI=1S/C27H30ClFN2O5S.C17H27FN2O3.C10H5ClO3S/c1-15(2)36-26-19(29)10-17(11-21(26)35-3)24(32)20(14-31-8-4-5-9-31)30-27(34)25(33)23-12-16-6-7-18(28)13-22(16)37-23;1-11(2)23-17-13(18)8-12(9-15(17)22-3)16(21)14(19)10-20-6-4-5-7-20;11-6-2-1-5-3-8(9(12)10(13)14)15-7(5)4-6/h6-7,10-13,15,20,24,32H,4-5,8-9,14H2,1-3H3,(H,30,34);8-9,11,14,16,21H,4-7,10,19H2,1-3H3;1-4H,(H,13,14)/t20-,24-;14-,16-;/m11./s1. The van der Waals surface area contributed by atoms with Gasteiger partial charge in [-0.1, -0.05) is 35.3 Å². The number of methoxy groups -OCH3 is 2. The molecule has 6 N–H and O–H groups in total. The number of Topliss-reactive ketones (excluding diaryl/α,β-unsaturated/α-hetero) is 2. The number of nitrogens with zero attached hydrogens (tertiary/aromatic N) is 2. The number of carbonyl (C=O) groups is 4. The molecule has 0 saturated carbocycles. The van der Waals surface area contributed by atoms with Crippen LogP contribution in [0.2, 0.25) is 10.0 Å². The molecule has 15 nitrogen and oxygen atoms in total. The van der Waals surface area contributed by atoms with Crippen molar-refractivity contribution in [2.24, 2.45) is 5.73 Å². The minimum atomic E-state index is -1.44. The van der Waals surface area contributed by atoms with E-state index in [2.05, 4.69) is 15.1 Å². The third-order valence-electron chi connectivity index (χ3n) is 12.1. The number of ether oxygens (including phenoxy) is 4. The van der Waals surface area contributed by atoms with E-state index in [4.69, 9.17) is 53.0 Å². The van der Waals surface area contributed by atoms with Gasteiger partial charge in [0.2, 0.25) is 0 Å². The second-order valence-corrected chi connectivity index (χ2v) is 21.6. The second kappa shape index (κ2) is 27.0. The van der Waals surface area contributed by atoms with Gasteiger partial charge in [-0.15, -0.1) is 22.7 Å². The van der Waals surface area contributed by atoms with Gasteiger partial charge in [0, 0.05) is 38.6 Å². The molecule has 2 aliphatic heterocycles. The number of carboxylic acids is 1. The molecule has 6 aromatic rings. The summed E-state index contributed by atoms with van der Waals surface area (Å²) < 4.78 is 52.4. The molecule has 0 unspecified atom stereocenters. The topological polar surface area (TPSA) is 210 Å². The molecule has 75 heavy (non-hydrogen) atoms. The average molecular weight is 1120 g/mol.